The van der Waals surface area contributed by atoms with Crippen LogP contribution >= 0.6 is 0 Å². The van der Waals surface area contributed by atoms with Crippen LogP contribution in [0.4, 0.5) is 0 Å². The average molecular weight is 413 g/mol. The number of carbonyl (C=O) groups excluding carboxylic acids is 2. The Bertz CT molecular complexity index is 933. The number of benzene rings is 2. The lowest BCUT2D eigenvalue weighted by Gasteiger charge is -2.24. The van der Waals surface area contributed by atoms with E-state index in [4.69, 9.17) is 21.0 Å². The molecule has 8 heteroatoms. The van der Waals surface area contributed by atoms with E-state index in [0.29, 0.717) is 17.7 Å². The molecule has 2 amide bonds. The third kappa shape index (κ3) is 4.16. The molecule has 30 heavy (non-hydrogen) atoms. The highest BCUT2D eigenvalue weighted by Gasteiger charge is 2.45. The lowest BCUT2D eigenvalue weighted by atomic mass is 9.91. The Kier molecular flexibility index (Phi) is 6.71. The van der Waals surface area contributed by atoms with Crippen molar-refractivity contribution >= 4 is 11.8 Å². The van der Waals surface area contributed by atoms with Crippen molar-refractivity contribution in [3.63, 3.8) is 0 Å². The Morgan fingerprint density at radius 3 is 2.53 bits per heavy atom. The zero-order valence-corrected chi connectivity index (χ0v) is 17.1. The van der Waals surface area contributed by atoms with Gasteiger partial charge in [-0.05, 0) is 24.1 Å². The fourth-order valence-electron chi connectivity index (χ4n) is 4.06. The number of nitrogens with two attached hydrogens (primary N) is 2. The third-order valence-electron chi connectivity index (χ3n) is 5.49. The number of hydrogen-bond donors (Lipinski definition) is 3. The highest BCUT2D eigenvalue weighted by molar-refractivity contribution is 5.94. The molecule has 160 valence electrons. The maximum Gasteiger partial charge on any atom is 0.248 e. The van der Waals surface area contributed by atoms with Gasteiger partial charge in [-0.25, -0.2) is 0 Å². The van der Waals surface area contributed by atoms with Crippen LogP contribution in [0.5, 0.6) is 5.75 Å². The van der Waals surface area contributed by atoms with Gasteiger partial charge in [-0.15, -0.1) is 0 Å². The zero-order valence-electron chi connectivity index (χ0n) is 17.1. The molecule has 3 atom stereocenters. The highest BCUT2D eigenvalue weighted by Crippen LogP contribution is 2.37. The zero-order chi connectivity index (χ0) is 21.8. The number of carbonyl (C=O) groups is 2. The van der Waals surface area contributed by atoms with Gasteiger partial charge in [0.2, 0.25) is 11.8 Å². The Hall–Kier alpha value is -2.94. The third-order valence-corrected chi connectivity index (χ3v) is 5.49. The molecule has 1 saturated heterocycles. The predicted molar refractivity (Wildman–Crippen MR) is 111 cm³/mol. The van der Waals surface area contributed by atoms with Gasteiger partial charge in [-0.3, -0.25) is 14.4 Å². The van der Waals surface area contributed by atoms with E-state index < -0.39 is 24.0 Å². The number of nitrogens with zero attached hydrogens (tertiary/aromatic N) is 1. The minimum atomic E-state index is -0.654. The molecule has 0 aromatic heterocycles. The van der Waals surface area contributed by atoms with Crippen LogP contribution in [-0.4, -0.2) is 47.8 Å². The van der Waals surface area contributed by atoms with Gasteiger partial charge in [0.15, 0.2) is 0 Å². The topological polar surface area (TPSA) is 128 Å². The SMILES string of the molecule is CC[C@@H]1[C@H](CO)ON(Cc2cccc(-c3cccc(C(N)=O)c3)c2OC)[C@@H]1C(N)=O. The summed E-state index contributed by atoms with van der Waals surface area (Å²) in [5.74, 6) is -0.621. The molecule has 0 unspecified atom stereocenters. The second-order valence-corrected chi connectivity index (χ2v) is 7.26. The van der Waals surface area contributed by atoms with Gasteiger partial charge >= 0.3 is 0 Å². The molecule has 2 aromatic carbocycles. The summed E-state index contributed by atoms with van der Waals surface area (Å²) in [6.45, 7) is 1.98. The van der Waals surface area contributed by atoms with Crippen molar-refractivity contribution in [1.29, 1.82) is 0 Å². The van der Waals surface area contributed by atoms with Gasteiger partial charge in [0.25, 0.3) is 0 Å². The number of aliphatic hydroxyl groups excluding tert-OH is 1. The van der Waals surface area contributed by atoms with Crippen molar-refractivity contribution in [2.24, 2.45) is 17.4 Å². The quantitative estimate of drug-likeness (QED) is 0.601. The monoisotopic (exact) mass is 413 g/mol. The van der Waals surface area contributed by atoms with Gasteiger partial charge in [-0.1, -0.05) is 37.3 Å². The van der Waals surface area contributed by atoms with E-state index in [9.17, 15) is 14.7 Å². The number of primary amides is 2. The molecular formula is C22H27N3O5. The number of amides is 2. The summed E-state index contributed by atoms with van der Waals surface area (Å²) < 4.78 is 5.68. The summed E-state index contributed by atoms with van der Waals surface area (Å²) >= 11 is 0. The van der Waals surface area contributed by atoms with E-state index >= 15 is 0 Å². The van der Waals surface area contributed by atoms with E-state index in [-0.39, 0.29) is 19.1 Å². The number of ether oxygens (including phenoxy) is 1. The van der Waals surface area contributed by atoms with E-state index in [1.54, 1.807) is 25.3 Å². The molecule has 0 saturated carbocycles. The van der Waals surface area contributed by atoms with Crippen molar-refractivity contribution in [1.82, 2.24) is 5.06 Å². The number of para-hydroxylation sites is 1. The first-order valence-corrected chi connectivity index (χ1v) is 9.80. The molecule has 1 fully saturated rings. The van der Waals surface area contributed by atoms with Gasteiger partial charge in [0.05, 0.1) is 20.3 Å². The van der Waals surface area contributed by atoms with Crippen molar-refractivity contribution in [2.45, 2.75) is 32.0 Å². The number of hydroxylamine groups is 2. The number of rotatable bonds is 8. The Morgan fingerprint density at radius 2 is 1.93 bits per heavy atom. The summed E-state index contributed by atoms with van der Waals surface area (Å²) in [7, 11) is 1.56. The number of aliphatic hydroxyl groups is 1. The smallest absolute Gasteiger partial charge is 0.248 e. The van der Waals surface area contributed by atoms with Crippen LogP contribution in [0.2, 0.25) is 0 Å². The van der Waals surface area contributed by atoms with Gasteiger partial charge in [-0.2, -0.15) is 5.06 Å². The Morgan fingerprint density at radius 1 is 1.20 bits per heavy atom. The lowest BCUT2D eigenvalue weighted by Crippen LogP contribution is -2.43. The lowest BCUT2D eigenvalue weighted by molar-refractivity contribution is -0.180. The van der Waals surface area contributed by atoms with Crippen LogP contribution in [0.3, 0.4) is 0 Å². The fourth-order valence-corrected chi connectivity index (χ4v) is 4.06. The molecule has 0 bridgehead atoms. The van der Waals surface area contributed by atoms with Gasteiger partial charge < -0.3 is 21.3 Å². The first kappa shape index (κ1) is 21.8. The molecule has 3 rings (SSSR count). The standard InChI is InChI=1S/C22H27N3O5/c1-3-16-18(12-26)30-25(19(16)22(24)28)11-15-8-5-9-17(20(15)29-2)13-6-4-7-14(10-13)21(23)27/h4-10,16,18-19,26H,3,11-12H2,1-2H3,(H2,23,27)(H2,24,28)/t16-,18+,19+/m1/s1. The maximum atomic E-state index is 12.1. The average Bonchev–Trinajstić information content (AvgIpc) is 3.11. The molecule has 5 N–H and O–H groups in total. The van der Waals surface area contributed by atoms with Gasteiger partial charge in [0.1, 0.15) is 17.9 Å². The Balaban J connectivity index is 1.98. The van der Waals surface area contributed by atoms with Crippen LogP contribution < -0.4 is 16.2 Å². The molecular weight excluding hydrogens is 386 g/mol. The summed E-state index contributed by atoms with van der Waals surface area (Å²) in [5, 5.41) is 11.2. The van der Waals surface area contributed by atoms with Crippen LogP contribution in [0.25, 0.3) is 11.1 Å². The fraction of sp³-hybridized carbons (Fsp3) is 0.364. The van der Waals surface area contributed by atoms with Crippen LogP contribution in [0, 0.1) is 5.92 Å². The van der Waals surface area contributed by atoms with Crippen LogP contribution in [-0.2, 0) is 16.2 Å². The minimum absolute atomic E-state index is 0.199. The van der Waals surface area contributed by atoms with Crippen molar-refractivity contribution < 1.29 is 24.3 Å². The molecule has 0 spiro atoms. The molecule has 1 heterocycles. The molecule has 2 aromatic rings. The molecule has 1 aliphatic rings. The van der Waals surface area contributed by atoms with Crippen molar-refractivity contribution in [3.05, 3.63) is 53.6 Å². The number of hydrogen-bond acceptors (Lipinski definition) is 6. The van der Waals surface area contributed by atoms with Crippen LogP contribution in [0.15, 0.2) is 42.5 Å². The number of methoxy groups -OCH3 is 1. The summed E-state index contributed by atoms with van der Waals surface area (Å²) in [5.41, 5.74) is 13.8. The highest BCUT2D eigenvalue weighted by atomic mass is 16.7. The molecule has 8 nitrogen and oxygen atoms in total. The normalized spacial score (nSPS) is 21.5. The summed E-state index contributed by atoms with van der Waals surface area (Å²) in [4.78, 5) is 29.5. The maximum absolute atomic E-state index is 12.1. The second kappa shape index (κ2) is 9.25. The second-order valence-electron chi connectivity index (χ2n) is 7.26. The largest absolute Gasteiger partial charge is 0.496 e. The van der Waals surface area contributed by atoms with Crippen LogP contribution in [0.1, 0.15) is 29.3 Å². The van der Waals surface area contributed by atoms with E-state index in [0.717, 1.165) is 16.7 Å². The van der Waals surface area contributed by atoms with Gasteiger partial charge in [0, 0.05) is 22.6 Å². The van der Waals surface area contributed by atoms with E-state index in [1.807, 2.05) is 31.2 Å². The summed E-state index contributed by atoms with van der Waals surface area (Å²) in [6, 6.07) is 11.9. The first-order valence-electron chi connectivity index (χ1n) is 9.80. The molecule has 1 aliphatic heterocycles. The minimum Gasteiger partial charge on any atom is -0.496 e. The summed E-state index contributed by atoms with van der Waals surface area (Å²) in [6.07, 6.45) is 0.154. The molecule has 0 radical (unpaired) electrons. The van der Waals surface area contributed by atoms with E-state index in [1.165, 1.54) is 5.06 Å². The van der Waals surface area contributed by atoms with Crippen molar-refractivity contribution in [2.75, 3.05) is 13.7 Å². The van der Waals surface area contributed by atoms with E-state index in [2.05, 4.69) is 0 Å². The van der Waals surface area contributed by atoms with Crippen molar-refractivity contribution in [3.8, 4) is 16.9 Å². The molecule has 0 aliphatic carbocycles. The predicted octanol–water partition coefficient (Wildman–Crippen LogP) is 1.45. The Labute approximate surface area is 175 Å². The first-order chi connectivity index (χ1) is 14.4.